The zero-order valence-electron chi connectivity index (χ0n) is 17.0. The normalized spacial score (nSPS) is 15.5. The molecule has 0 spiro atoms. The van der Waals surface area contributed by atoms with Crippen LogP contribution in [0.1, 0.15) is 24.0 Å². The van der Waals surface area contributed by atoms with E-state index in [0.29, 0.717) is 5.75 Å². The molecule has 1 heterocycles. The molecule has 1 N–H and O–H groups in total. The first-order chi connectivity index (χ1) is 14.6. The second-order valence-electron chi connectivity index (χ2n) is 7.83. The third-order valence-electron chi connectivity index (χ3n) is 5.99. The summed E-state index contributed by atoms with van der Waals surface area (Å²) >= 11 is 0. The third-order valence-corrected chi connectivity index (χ3v) is 5.99. The van der Waals surface area contributed by atoms with E-state index in [1.165, 1.54) is 0 Å². The van der Waals surface area contributed by atoms with E-state index in [2.05, 4.69) is 5.32 Å². The van der Waals surface area contributed by atoms with Crippen LogP contribution in [0, 0.1) is 6.92 Å². The molecule has 5 nitrogen and oxygen atoms in total. The molecule has 1 aliphatic heterocycles. The Bertz CT molecular complexity index is 1130. The van der Waals surface area contributed by atoms with Crippen molar-refractivity contribution in [2.24, 2.45) is 0 Å². The van der Waals surface area contributed by atoms with Gasteiger partial charge >= 0.3 is 0 Å². The molecule has 1 fully saturated rings. The largest absolute Gasteiger partial charge is 0.496 e. The van der Waals surface area contributed by atoms with Gasteiger partial charge < -0.3 is 19.5 Å². The summed E-state index contributed by atoms with van der Waals surface area (Å²) < 4.78 is 16.4. The van der Waals surface area contributed by atoms with Gasteiger partial charge in [0, 0.05) is 11.3 Å². The Morgan fingerprint density at radius 1 is 0.967 bits per heavy atom. The molecule has 0 aromatic heterocycles. The van der Waals surface area contributed by atoms with Crippen LogP contribution in [0.4, 0.5) is 5.69 Å². The van der Waals surface area contributed by atoms with Crippen molar-refractivity contribution < 1.29 is 19.0 Å². The number of benzene rings is 3. The second kappa shape index (κ2) is 7.10. The number of hydrogen-bond acceptors (Lipinski definition) is 4. The van der Waals surface area contributed by atoms with Crippen LogP contribution in [0.3, 0.4) is 0 Å². The highest BCUT2D eigenvalue weighted by Crippen LogP contribution is 2.51. The quantitative estimate of drug-likeness (QED) is 0.649. The molecule has 0 atom stereocenters. The Morgan fingerprint density at radius 3 is 2.53 bits per heavy atom. The fraction of sp³-hybridized carbons (Fsp3) is 0.240. The summed E-state index contributed by atoms with van der Waals surface area (Å²) in [6.07, 6.45) is 1.66. The van der Waals surface area contributed by atoms with Gasteiger partial charge in [-0.15, -0.1) is 0 Å². The number of aryl methyl sites for hydroxylation is 1. The number of carbonyl (C=O) groups is 1. The van der Waals surface area contributed by atoms with Crippen molar-refractivity contribution in [2.75, 3.05) is 19.2 Å². The van der Waals surface area contributed by atoms with Gasteiger partial charge in [-0.05, 0) is 66.8 Å². The van der Waals surface area contributed by atoms with E-state index in [1.807, 2.05) is 67.6 Å². The fourth-order valence-corrected chi connectivity index (χ4v) is 4.13. The first-order valence-electron chi connectivity index (χ1n) is 10.1. The SMILES string of the molecule is COc1ccccc1-c1ccc(NC(=O)C2(c3ccc4c(c3)OCO4)CC2)cc1C. The van der Waals surface area contributed by atoms with Crippen molar-refractivity contribution in [3.05, 3.63) is 71.8 Å². The lowest BCUT2D eigenvalue weighted by Gasteiger charge is -2.17. The number of methoxy groups -OCH3 is 1. The lowest BCUT2D eigenvalue weighted by Crippen LogP contribution is -2.27. The summed E-state index contributed by atoms with van der Waals surface area (Å²) in [5.74, 6) is 2.30. The van der Waals surface area contributed by atoms with Gasteiger partial charge in [-0.3, -0.25) is 4.79 Å². The number of para-hydroxylation sites is 1. The molecule has 0 saturated heterocycles. The van der Waals surface area contributed by atoms with E-state index >= 15 is 0 Å². The smallest absolute Gasteiger partial charge is 0.235 e. The first-order valence-corrected chi connectivity index (χ1v) is 10.1. The number of ether oxygens (including phenoxy) is 3. The Balaban J connectivity index is 1.38. The van der Waals surface area contributed by atoms with Gasteiger partial charge in [0.15, 0.2) is 11.5 Å². The standard InChI is InChI=1S/C25H23NO4/c1-16-13-18(8-9-19(16)20-5-3-4-6-21(20)28-2)26-24(27)25(11-12-25)17-7-10-22-23(14-17)30-15-29-22/h3-10,13-14H,11-12,15H2,1-2H3,(H,26,27). The van der Waals surface area contributed by atoms with E-state index in [-0.39, 0.29) is 12.7 Å². The topological polar surface area (TPSA) is 56.8 Å². The van der Waals surface area contributed by atoms with Crippen molar-refractivity contribution in [3.63, 3.8) is 0 Å². The Labute approximate surface area is 175 Å². The lowest BCUT2D eigenvalue weighted by atomic mass is 9.94. The molecule has 0 unspecified atom stereocenters. The molecule has 0 bridgehead atoms. The zero-order chi connectivity index (χ0) is 20.7. The van der Waals surface area contributed by atoms with Gasteiger partial charge in [-0.2, -0.15) is 0 Å². The van der Waals surface area contributed by atoms with Crippen molar-refractivity contribution in [1.29, 1.82) is 0 Å². The van der Waals surface area contributed by atoms with Crippen molar-refractivity contribution in [1.82, 2.24) is 0 Å². The predicted molar refractivity (Wildman–Crippen MR) is 115 cm³/mol. The highest BCUT2D eigenvalue weighted by Gasteiger charge is 2.51. The zero-order valence-corrected chi connectivity index (χ0v) is 17.0. The molecule has 1 aliphatic carbocycles. The van der Waals surface area contributed by atoms with E-state index in [4.69, 9.17) is 14.2 Å². The molecule has 5 rings (SSSR count). The number of amides is 1. The number of nitrogens with one attached hydrogen (secondary N) is 1. The summed E-state index contributed by atoms with van der Waals surface area (Å²) in [6, 6.07) is 19.7. The number of anilines is 1. The van der Waals surface area contributed by atoms with Gasteiger partial charge in [0.25, 0.3) is 0 Å². The molecule has 3 aromatic carbocycles. The van der Waals surface area contributed by atoms with E-state index in [1.54, 1.807) is 7.11 Å². The Morgan fingerprint density at radius 2 is 1.77 bits per heavy atom. The summed E-state index contributed by atoms with van der Waals surface area (Å²) in [7, 11) is 1.67. The highest BCUT2D eigenvalue weighted by atomic mass is 16.7. The molecule has 1 amide bonds. The van der Waals surface area contributed by atoms with E-state index in [9.17, 15) is 4.79 Å². The Hall–Kier alpha value is -3.47. The molecule has 5 heteroatoms. The maximum atomic E-state index is 13.2. The molecule has 152 valence electrons. The van der Waals surface area contributed by atoms with Crippen LogP contribution in [0.2, 0.25) is 0 Å². The average Bonchev–Trinajstić information content (AvgIpc) is 3.45. The minimum Gasteiger partial charge on any atom is -0.496 e. The monoisotopic (exact) mass is 401 g/mol. The Kier molecular flexibility index (Phi) is 4.39. The van der Waals surface area contributed by atoms with Gasteiger partial charge in [0.2, 0.25) is 12.7 Å². The molecule has 3 aromatic rings. The first kappa shape index (κ1) is 18.6. The van der Waals surface area contributed by atoms with Crippen LogP contribution in [-0.4, -0.2) is 19.8 Å². The number of carbonyl (C=O) groups excluding carboxylic acids is 1. The number of fused-ring (bicyclic) bond motifs is 1. The molecular formula is C25H23NO4. The number of hydrogen-bond donors (Lipinski definition) is 1. The summed E-state index contributed by atoms with van der Waals surface area (Å²) in [5, 5.41) is 3.12. The molecular weight excluding hydrogens is 378 g/mol. The van der Waals surface area contributed by atoms with Crippen LogP contribution in [-0.2, 0) is 10.2 Å². The fourth-order valence-electron chi connectivity index (χ4n) is 4.13. The predicted octanol–water partition coefficient (Wildman–Crippen LogP) is 5.07. The van der Waals surface area contributed by atoms with Crippen LogP contribution >= 0.6 is 0 Å². The van der Waals surface area contributed by atoms with Gasteiger partial charge in [0.05, 0.1) is 12.5 Å². The maximum Gasteiger partial charge on any atom is 0.235 e. The minimum absolute atomic E-state index is 0.0193. The van der Waals surface area contributed by atoms with Crippen LogP contribution < -0.4 is 19.5 Å². The van der Waals surface area contributed by atoms with Crippen LogP contribution in [0.25, 0.3) is 11.1 Å². The molecule has 1 saturated carbocycles. The summed E-state index contributed by atoms with van der Waals surface area (Å²) in [4.78, 5) is 13.2. The van der Waals surface area contributed by atoms with Crippen LogP contribution in [0.15, 0.2) is 60.7 Å². The van der Waals surface area contributed by atoms with Gasteiger partial charge in [0.1, 0.15) is 5.75 Å². The van der Waals surface area contributed by atoms with E-state index in [0.717, 1.165) is 52.3 Å². The highest BCUT2D eigenvalue weighted by molar-refractivity contribution is 6.01. The minimum atomic E-state index is -0.490. The molecule has 30 heavy (non-hydrogen) atoms. The van der Waals surface area contributed by atoms with Crippen LogP contribution in [0.5, 0.6) is 17.2 Å². The third kappa shape index (κ3) is 3.07. The van der Waals surface area contributed by atoms with Crippen molar-refractivity contribution in [3.8, 4) is 28.4 Å². The lowest BCUT2D eigenvalue weighted by molar-refractivity contribution is -0.118. The molecule has 2 aliphatic rings. The van der Waals surface area contributed by atoms with E-state index < -0.39 is 5.41 Å². The average molecular weight is 401 g/mol. The van der Waals surface area contributed by atoms with Crippen molar-refractivity contribution in [2.45, 2.75) is 25.2 Å². The summed E-state index contributed by atoms with van der Waals surface area (Å²) in [5.41, 5.74) is 4.48. The second-order valence-corrected chi connectivity index (χ2v) is 7.83. The molecule has 0 radical (unpaired) electrons. The maximum absolute atomic E-state index is 13.2. The van der Waals surface area contributed by atoms with Crippen molar-refractivity contribution >= 4 is 11.6 Å². The summed E-state index contributed by atoms with van der Waals surface area (Å²) in [6.45, 7) is 2.28. The van der Waals surface area contributed by atoms with Gasteiger partial charge in [-0.1, -0.05) is 30.3 Å². The number of rotatable bonds is 5. The van der Waals surface area contributed by atoms with Gasteiger partial charge in [-0.25, -0.2) is 0 Å².